The van der Waals surface area contributed by atoms with E-state index in [0.717, 1.165) is 83.5 Å². The van der Waals surface area contributed by atoms with Gasteiger partial charge in [0.2, 0.25) is 0 Å². The fourth-order valence-corrected chi connectivity index (χ4v) is 8.33. The molecule has 0 spiro atoms. The smallest absolute Gasteiger partial charge is 0.462 e. The lowest BCUT2D eigenvalue weighted by molar-refractivity contribution is -0.870. The third-order valence-electron chi connectivity index (χ3n) is 11.9. The topological polar surface area (TPSA) is 108 Å². The van der Waals surface area contributed by atoms with E-state index < -0.39 is 26.5 Å². The number of carbonyl (C=O) groups excluding carboxylic acids is 2. The van der Waals surface area contributed by atoms with Crippen LogP contribution in [0.15, 0.2) is 85.1 Å². The van der Waals surface area contributed by atoms with Crippen LogP contribution in [0.5, 0.6) is 0 Å². The molecule has 0 heterocycles. The van der Waals surface area contributed by atoms with Gasteiger partial charge in [-0.05, 0) is 70.6 Å². The van der Waals surface area contributed by atoms with Gasteiger partial charge in [0, 0.05) is 12.8 Å². The third kappa shape index (κ3) is 54.5. The van der Waals surface area contributed by atoms with Gasteiger partial charge in [-0.15, -0.1) is 0 Å². The highest BCUT2D eigenvalue weighted by molar-refractivity contribution is 7.47. The number of hydrogen-bond acceptors (Lipinski definition) is 7. The number of rotatable bonds is 51. The van der Waals surface area contributed by atoms with Gasteiger partial charge in [0.25, 0.3) is 0 Å². The molecule has 0 aliphatic heterocycles. The molecule has 0 aromatic rings. The van der Waals surface area contributed by atoms with Crippen molar-refractivity contribution in [3.8, 4) is 0 Å². The van der Waals surface area contributed by atoms with Crippen LogP contribution >= 0.6 is 7.82 Å². The lowest BCUT2D eigenvalue weighted by atomic mass is 10.0. The summed E-state index contributed by atoms with van der Waals surface area (Å²) in [6.07, 6.45) is 67.9. The van der Waals surface area contributed by atoms with E-state index in [4.69, 9.17) is 18.5 Å². The van der Waals surface area contributed by atoms with Crippen LogP contribution in [-0.2, 0) is 32.7 Å². The molecule has 0 aliphatic carbocycles. The largest absolute Gasteiger partial charge is 0.472 e. The second-order valence-electron chi connectivity index (χ2n) is 19.9. The number of esters is 2. The molecule has 2 unspecified atom stereocenters. The van der Waals surface area contributed by atoms with Crippen molar-refractivity contribution in [1.82, 2.24) is 0 Å². The lowest BCUT2D eigenvalue weighted by Crippen LogP contribution is -2.37. The van der Waals surface area contributed by atoms with Gasteiger partial charge in [0.15, 0.2) is 6.10 Å². The Bertz CT molecular complexity index is 1460. The quantitative estimate of drug-likeness (QED) is 0.0211. The molecule has 0 radical (unpaired) electrons. The Hall–Kier alpha value is -2.81. The zero-order valence-electron chi connectivity index (χ0n) is 45.7. The van der Waals surface area contributed by atoms with Crippen molar-refractivity contribution in [3.05, 3.63) is 85.1 Å². The van der Waals surface area contributed by atoms with Crippen LogP contribution in [0.1, 0.15) is 232 Å². The summed E-state index contributed by atoms with van der Waals surface area (Å²) in [5.41, 5.74) is 0. The van der Waals surface area contributed by atoms with Gasteiger partial charge < -0.3 is 18.9 Å². The van der Waals surface area contributed by atoms with Crippen molar-refractivity contribution < 1.29 is 42.1 Å². The van der Waals surface area contributed by atoms with Crippen LogP contribution in [0.4, 0.5) is 0 Å². The molecule has 0 saturated heterocycles. The zero-order chi connectivity index (χ0) is 51.3. The molecule has 0 saturated carbocycles. The number of hydrogen-bond donors (Lipinski definition) is 1. The fraction of sp³-hybridized carbons (Fsp3) is 0.733. The number of allylic oxidation sites excluding steroid dienone is 14. The minimum absolute atomic E-state index is 0.0217. The van der Waals surface area contributed by atoms with Crippen molar-refractivity contribution in [2.24, 2.45) is 0 Å². The Morgan fingerprint density at radius 1 is 0.457 bits per heavy atom. The first-order valence-electron chi connectivity index (χ1n) is 28.3. The van der Waals surface area contributed by atoms with E-state index in [-0.39, 0.29) is 32.0 Å². The van der Waals surface area contributed by atoms with Gasteiger partial charge in [-0.1, -0.05) is 234 Å². The maximum Gasteiger partial charge on any atom is 0.472 e. The number of unbranched alkanes of at least 4 members (excludes halogenated alkanes) is 23. The van der Waals surface area contributed by atoms with Crippen LogP contribution in [0, 0.1) is 0 Å². The molecule has 0 aromatic carbocycles. The second-order valence-corrected chi connectivity index (χ2v) is 21.4. The van der Waals surface area contributed by atoms with Crippen molar-refractivity contribution in [2.45, 2.75) is 238 Å². The second kappa shape index (κ2) is 51.1. The van der Waals surface area contributed by atoms with Gasteiger partial charge in [-0.3, -0.25) is 18.6 Å². The van der Waals surface area contributed by atoms with Crippen LogP contribution in [0.2, 0.25) is 0 Å². The number of phosphoric acid groups is 1. The Morgan fingerprint density at radius 3 is 1.21 bits per heavy atom. The molecule has 9 nitrogen and oxygen atoms in total. The van der Waals surface area contributed by atoms with E-state index in [9.17, 15) is 19.0 Å². The third-order valence-corrected chi connectivity index (χ3v) is 12.9. The van der Waals surface area contributed by atoms with E-state index in [1.165, 1.54) is 116 Å². The molecule has 404 valence electrons. The number of likely N-dealkylation sites (N-methyl/N-ethyl adjacent to an activating group) is 1. The minimum Gasteiger partial charge on any atom is -0.462 e. The van der Waals surface area contributed by atoms with Gasteiger partial charge >= 0.3 is 19.8 Å². The van der Waals surface area contributed by atoms with Crippen LogP contribution in [0.3, 0.4) is 0 Å². The molecule has 0 aliphatic rings. The maximum absolute atomic E-state index is 12.8. The standard InChI is InChI=1S/C60H106NO8P/c1-6-8-10-12-14-16-18-20-22-24-26-28-29-30-31-33-35-37-39-41-43-45-47-49-51-53-60(63)69-58(57-68-70(64,65)67-55-54-61(3,4)5)56-66-59(62)52-50-48-46-44-42-40-38-36-34-32-27-25-23-21-19-17-15-13-11-9-7-2/h8,10,14,16,20,22,26,28,30-31,35,37,41,43,58H,6-7,9,11-13,15,17-19,21,23-25,27,29,32-34,36,38-40,42,44-57H2,1-5H3/p+1/b10-8-,16-14-,22-20-,28-26-,31-30-,37-35-,43-41-. The molecule has 0 fully saturated rings. The van der Waals surface area contributed by atoms with Crippen LogP contribution < -0.4 is 0 Å². The number of phosphoric ester groups is 1. The average molecular weight is 1000 g/mol. The van der Waals surface area contributed by atoms with Crippen molar-refractivity contribution in [3.63, 3.8) is 0 Å². The number of ether oxygens (including phenoxy) is 2. The molecular formula is C60H107NO8P+. The summed E-state index contributed by atoms with van der Waals surface area (Å²) >= 11 is 0. The summed E-state index contributed by atoms with van der Waals surface area (Å²) < 4.78 is 34.5. The van der Waals surface area contributed by atoms with E-state index >= 15 is 0 Å². The SMILES string of the molecule is CC/C=C\C/C=C\C/C=C\C/C=C\C/C=C\C/C=C\C/C=C\CCCCCC(=O)OC(COC(=O)CCCCCCCCCCCCCCCCCCCCCCC)COP(=O)(O)OCC[N+](C)(C)C. The average Bonchev–Trinajstić information content (AvgIpc) is 3.32. The van der Waals surface area contributed by atoms with Gasteiger partial charge in [0.1, 0.15) is 19.8 Å². The molecule has 70 heavy (non-hydrogen) atoms. The molecular weight excluding hydrogens is 894 g/mol. The Kier molecular flexibility index (Phi) is 49.1. The van der Waals surface area contributed by atoms with Crippen LogP contribution in [-0.4, -0.2) is 74.9 Å². The van der Waals surface area contributed by atoms with Crippen molar-refractivity contribution in [2.75, 3.05) is 47.5 Å². The fourth-order valence-electron chi connectivity index (χ4n) is 7.58. The summed E-state index contributed by atoms with van der Waals surface area (Å²) in [5.74, 6) is -0.833. The highest BCUT2D eigenvalue weighted by atomic mass is 31.2. The highest BCUT2D eigenvalue weighted by Gasteiger charge is 2.27. The summed E-state index contributed by atoms with van der Waals surface area (Å²) in [5, 5.41) is 0. The summed E-state index contributed by atoms with van der Waals surface area (Å²) in [6.45, 7) is 4.29. The number of nitrogens with zero attached hydrogens (tertiary/aromatic N) is 1. The molecule has 0 bridgehead atoms. The first-order chi connectivity index (χ1) is 34.0. The molecule has 2 atom stereocenters. The van der Waals surface area contributed by atoms with E-state index in [1.54, 1.807) is 0 Å². The monoisotopic (exact) mass is 1000 g/mol. The van der Waals surface area contributed by atoms with Crippen LogP contribution in [0.25, 0.3) is 0 Å². The normalized spacial score (nSPS) is 14.0. The lowest BCUT2D eigenvalue weighted by Gasteiger charge is -2.24. The first kappa shape index (κ1) is 67.2. The predicted octanol–water partition coefficient (Wildman–Crippen LogP) is 17.5. The van der Waals surface area contributed by atoms with Gasteiger partial charge in [0.05, 0.1) is 27.7 Å². The van der Waals surface area contributed by atoms with E-state index in [2.05, 4.69) is 98.9 Å². The van der Waals surface area contributed by atoms with Gasteiger partial charge in [-0.25, -0.2) is 4.57 Å². The number of quaternary nitrogens is 1. The zero-order valence-corrected chi connectivity index (χ0v) is 46.6. The van der Waals surface area contributed by atoms with E-state index in [0.29, 0.717) is 17.4 Å². The maximum atomic E-state index is 12.8. The molecule has 10 heteroatoms. The summed E-state index contributed by atoms with van der Waals surface area (Å²) in [6, 6.07) is 0. The molecule has 0 aromatic heterocycles. The molecule has 0 amide bonds. The molecule has 1 N–H and O–H groups in total. The highest BCUT2D eigenvalue weighted by Crippen LogP contribution is 2.43. The first-order valence-corrected chi connectivity index (χ1v) is 29.8. The van der Waals surface area contributed by atoms with Crippen molar-refractivity contribution >= 4 is 19.8 Å². The van der Waals surface area contributed by atoms with E-state index in [1.807, 2.05) is 21.1 Å². The number of carbonyl (C=O) groups is 2. The summed E-state index contributed by atoms with van der Waals surface area (Å²) in [4.78, 5) is 35.7. The Balaban J connectivity index is 4.28. The van der Waals surface area contributed by atoms with Crippen molar-refractivity contribution in [1.29, 1.82) is 0 Å². The minimum atomic E-state index is -4.40. The summed E-state index contributed by atoms with van der Waals surface area (Å²) in [7, 11) is 1.45. The molecule has 0 rings (SSSR count). The Labute approximate surface area is 431 Å². The predicted molar refractivity (Wildman–Crippen MR) is 298 cm³/mol. The Morgan fingerprint density at radius 2 is 0.814 bits per heavy atom. The van der Waals surface area contributed by atoms with Gasteiger partial charge in [-0.2, -0.15) is 0 Å².